The Hall–Kier alpha value is -0.0400. The van der Waals surface area contributed by atoms with Crippen LogP contribution in [-0.4, -0.2) is 6.54 Å². The summed E-state index contributed by atoms with van der Waals surface area (Å²) >= 11 is 0. The topological polar surface area (TPSA) is 26.0 Å². The van der Waals surface area contributed by atoms with E-state index < -0.39 is 0 Å². The molecule has 1 nitrogen and oxygen atoms in total. The highest BCUT2D eigenvalue weighted by Crippen LogP contribution is 2.53. The minimum absolute atomic E-state index is 0.590. The maximum atomic E-state index is 5.92. The molecule has 2 aliphatic carbocycles. The van der Waals surface area contributed by atoms with Gasteiger partial charge < -0.3 is 5.73 Å². The van der Waals surface area contributed by atoms with E-state index >= 15 is 0 Å². The Balaban J connectivity index is 1.98. The molecule has 2 fully saturated rings. The second-order valence-corrected chi connectivity index (χ2v) is 5.02. The number of rotatable bonds is 2. The van der Waals surface area contributed by atoms with Crippen molar-refractivity contribution < 1.29 is 0 Å². The van der Waals surface area contributed by atoms with Gasteiger partial charge in [-0.25, -0.2) is 0 Å². The molecule has 2 saturated carbocycles. The third kappa shape index (κ3) is 1.39. The quantitative estimate of drug-likeness (QED) is 0.672. The van der Waals surface area contributed by atoms with E-state index in [1.807, 2.05) is 0 Å². The highest BCUT2D eigenvalue weighted by molar-refractivity contribution is 4.97. The fraction of sp³-hybridized carbons (Fsp3) is 1.00. The molecule has 1 heteroatoms. The monoisotopic (exact) mass is 167 g/mol. The zero-order valence-electron chi connectivity index (χ0n) is 8.18. The van der Waals surface area contributed by atoms with E-state index in [1.54, 1.807) is 0 Å². The second-order valence-electron chi connectivity index (χ2n) is 5.02. The fourth-order valence-electron chi connectivity index (χ4n) is 2.81. The summed E-state index contributed by atoms with van der Waals surface area (Å²) in [6, 6.07) is 0. The molecular formula is C11H21N. The van der Waals surface area contributed by atoms with Crippen LogP contribution in [0.5, 0.6) is 0 Å². The molecule has 0 heterocycles. The Morgan fingerprint density at radius 3 is 2.17 bits per heavy atom. The highest BCUT2D eigenvalue weighted by Gasteiger charge is 2.45. The summed E-state index contributed by atoms with van der Waals surface area (Å²) in [5, 5.41) is 0. The van der Waals surface area contributed by atoms with E-state index in [2.05, 4.69) is 6.92 Å². The molecule has 2 aliphatic rings. The van der Waals surface area contributed by atoms with Crippen LogP contribution >= 0.6 is 0 Å². The van der Waals surface area contributed by atoms with Gasteiger partial charge in [0.2, 0.25) is 0 Å². The van der Waals surface area contributed by atoms with Crippen molar-refractivity contribution in [1.82, 2.24) is 0 Å². The molecule has 0 saturated heterocycles. The van der Waals surface area contributed by atoms with Crippen molar-refractivity contribution >= 4 is 0 Å². The molecule has 0 aromatic rings. The van der Waals surface area contributed by atoms with Crippen LogP contribution < -0.4 is 5.73 Å². The summed E-state index contributed by atoms with van der Waals surface area (Å²) in [4.78, 5) is 0. The van der Waals surface area contributed by atoms with Crippen molar-refractivity contribution in [3.05, 3.63) is 0 Å². The highest BCUT2D eigenvalue weighted by atomic mass is 14.6. The lowest BCUT2D eigenvalue weighted by atomic mass is 9.68. The van der Waals surface area contributed by atoms with Crippen molar-refractivity contribution in [2.45, 2.75) is 45.4 Å². The lowest BCUT2D eigenvalue weighted by Crippen LogP contribution is -2.36. The van der Waals surface area contributed by atoms with Crippen molar-refractivity contribution in [1.29, 1.82) is 0 Å². The molecule has 70 valence electrons. The molecule has 0 aliphatic heterocycles. The molecule has 0 unspecified atom stereocenters. The molecule has 12 heavy (non-hydrogen) atoms. The predicted molar refractivity (Wildman–Crippen MR) is 51.8 cm³/mol. The van der Waals surface area contributed by atoms with Gasteiger partial charge >= 0.3 is 0 Å². The maximum Gasteiger partial charge on any atom is -0.00179 e. The van der Waals surface area contributed by atoms with Crippen LogP contribution in [0.15, 0.2) is 0 Å². The predicted octanol–water partition coefficient (Wildman–Crippen LogP) is 2.55. The first-order valence-corrected chi connectivity index (χ1v) is 5.47. The second kappa shape index (κ2) is 3.02. The molecule has 2 rings (SSSR count). The Bertz CT molecular complexity index is 152. The molecule has 2 N–H and O–H groups in total. The SMILES string of the molecule is CC1CCC(CN)(C2CC2)CC1. The Kier molecular flexibility index (Phi) is 2.16. The summed E-state index contributed by atoms with van der Waals surface area (Å²) in [6.45, 7) is 3.33. The van der Waals surface area contributed by atoms with Crippen LogP contribution in [0.2, 0.25) is 0 Å². The van der Waals surface area contributed by atoms with Crippen molar-refractivity contribution in [2.24, 2.45) is 23.0 Å². The van der Waals surface area contributed by atoms with E-state index in [0.717, 1.165) is 18.4 Å². The smallest absolute Gasteiger partial charge is 0.00179 e. The van der Waals surface area contributed by atoms with E-state index in [1.165, 1.54) is 38.5 Å². The van der Waals surface area contributed by atoms with Gasteiger partial charge in [0.05, 0.1) is 0 Å². The van der Waals surface area contributed by atoms with E-state index in [4.69, 9.17) is 5.73 Å². The molecular weight excluding hydrogens is 146 g/mol. The molecule has 0 amide bonds. The molecule has 0 aromatic carbocycles. The van der Waals surface area contributed by atoms with Crippen molar-refractivity contribution in [3.63, 3.8) is 0 Å². The van der Waals surface area contributed by atoms with Crippen molar-refractivity contribution in [2.75, 3.05) is 6.54 Å². The minimum atomic E-state index is 0.590. The molecule has 0 bridgehead atoms. The van der Waals surface area contributed by atoms with Gasteiger partial charge in [-0.15, -0.1) is 0 Å². The summed E-state index contributed by atoms with van der Waals surface area (Å²) in [5.41, 5.74) is 6.51. The lowest BCUT2D eigenvalue weighted by molar-refractivity contribution is 0.135. The van der Waals surface area contributed by atoms with Crippen LogP contribution in [-0.2, 0) is 0 Å². The van der Waals surface area contributed by atoms with Crippen LogP contribution in [0, 0.1) is 17.3 Å². The molecule has 0 radical (unpaired) electrons. The third-order valence-corrected chi connectivity index (χ3v) is 4.12. The van der Waals surface area contributed by atoms with Crippen LogP contribution in [0.25, 0.3) is 0 Å². The van der Waals surface area contributed by atoms with E-state index in [0.29, 0.717) is 5.41 Å². The van der Waals surface area contributed by atoms with Gasteiger partial charge in [-0.05, 0) is 49.5 Å². The standard InChI is InChI=1S/C11H21N/c1-9-4-6-11(8-12,7-5-9)10-2-3-10/h9-10H,2-8,12H2,1H3. The molecule has 0 aromatic heterocycles. The first-order valence-electron chi connectivity index (χ1n) is 5.47. The van der Waals surface area contributed by atoms with E-state index in [-0.39, 0.29) is 0 Å². The maximum absolute atomic E-state index is 5.92. The van der Waals surface area contributed by atoms with Gasteiger partial charge in [0, 0.05) is 0 Å². The van der Waals surface area contributed by atoms with Gasteiger partial charge in [0.15, 0.2) is 0 Å². The first kappa shape index (κ1) is 8.55. The van der Waals surface area contributed by atoms with Crippen LogP contribution in [0.3, 0.4) is 0 Å². The summed E-state index contributed by atoms with van der Waals surface area (Å²) in [7, 11) is 0. The van der Waals surface area contributed by atoms with Gasteiger partial charge in [-0.1, -0.05) is 19.8 Å². The van der Waals surface area contributed by atoms with Crippen LogP contribution in [0.4, 0.5) is 0 Å². The number of hydrogen-bond acceptors (Lipinski definition) is 1. The average Bonchev–Trinajstić information content (AvgIpc) is 2.90. The summed E-state index contributed by atoms with van der Waals surface area (Å²) in [6.07, 6.45) is 8.60. The van der Waals surface area contributed by atoms with Gasteiger partial charge in [0.1, 0.15) is 0 Å². The first-order chi connectivity index (χ1) is 5.77. The lowest BCUT2D eigenvalue weighted by Gasteiger charge is -2.39. The largest absolute Gasteiger partial charge is 0.330 e. The van der Waals surface area contributed by atoms with Gasteiger partial charge in [-0.2, -0.15) is 0 Å². The Morgan fingerprint density at radius 2 is 1.75 bits per heavy atom. The molecule has 0 atom stereocenters. The van der Waals surface area contributed by atoms with Crippen molar-refractivity contribution in [3.8, 4) is 0 Å². The minimum Gasteiger partial charge on any atom is -0.330 e. The fourth-order valence-corrected chi connectivity index (χ4v) is 2.81. The Morgan fingerprint density at radius 1 is 1.17 bits per heavy atom. The average molecular weight is 167 g/mol. The molecule has 0 spiro atoms. The number of hydrogen-bond donors (Lipinski definition) is 1. The zero-order valence-corrected chi connectivity index (χ0v) is 8.18. The van der Waals surface area contributed by atoms with E-state index in [9.17, 15) is 0 Å². The summed E-state index contributed by atoms with van der Waals surface area (Å²) in [5.74, 6) is 1.97. The normalized spacial score (nSPS) is 43.0. The summed E-state index contributed by atoms with van der Waals surface area (Å²) < 4.78 is 0. The van der Waals surface area contributed by atoms with Crippen LogP contribution in [0.1, 0.15) is 45.4 Å². The number of nitrogens with two attached hydrogens (primary N) is 1. The zero-order chi connectivity index (χ0) is 8.60. The van der Waals surface area contributed by atoms with Gasteiger partial charge in [-0.3, -0.25) is 0 Å². The van der Waals surface area contributed by atoms with Gasteiger partial charge in [0.25, 0.3) is 0 Å². The Labute approximate surface area is 75.7 Å². The third-order valence-electron chi connectivity index (χ3n) is 4.12.